The van der Waals surface area contributed by atoms with Crippen LogP contribution in [0.5, 0.6) is 0 Å². The van der Waals surface area contributed by atoms with Gasteiger partial charge >= 0.3 is 0 Å². The molecule has 0 radical (unpaired) electrons. The van der Waals surface area contributed by atoms with Crippen molar-refractivity contribution in [3.63, 3.8) is 0 Å². The number of sulfonamides is 1. The molecule has 120 valence electrons. The molecule has 0 unspecified atom stereocenters. The highest BCUT2D eigenvalue weighted by atomic mass is 32.2. The third-order valence-corrected chi connectivity index (χ3v) is 5.83. The molecule has 0 saturated heterocycles. The van der Waals surface area contributed by atoms with E-state index < -0.39 is 15.8 Å². The average Bonchev–Trinajstić information content (AvgIpc) is 3.19. The number of rotatable bonds is 6. The Morgan fingerprint density at radius 2 is 2.04 bits per heavy atom. The van der Waals surface area contributed by atoms with Crippen LogP contribution in [-0.2, 0) is 16.4 Å². The Morgan fingerprint density at radius 3 is 2.78 bits per heavy atom. The normalized spacial score (nSPS) is 11.7. The van der Waals surface area contributed by atoms with Crippen LogP contribution in [0, 0.1) is 5.82 Å². The molecule has 23 heavy (non-hydrogen) atoms. The van der Waals surface area contributed by atoms with Gasteiger partial charge in [0.2, 0.25) is 21.7 Å². The van der Waals surface area contributed by atoms with E-state index in [1.807, 2.05) is 0 Å². The van der Waals surface area contributed by atoms with Crippen molar-refractivity contribution in [1.82, 2.24) is 14.9 Å². The number of hydrogen-bond donors (Lipinski definition) is 1. The van der Waals surface area contributed by atoms with Gasteiger partial charge in [0.05, 0.1) is 5.56 Å². The molecule has 3 aromatic rings. The van der Waals surface area contributed by atoms with Gasteiger partial charge in [0.15, 0.2) is 0 Å². The summed E-state index contributed by atoms with van der Waals surface area (Å²) >= 11 is 1.14. The van der Waals surface area contributed by atoms with Crippen molar-refractivity contribution < 1.29 is 17.3 Å². The zero-order valence-corrected chi connectivity index (χ0v) is 13.4. The topological polar surface area (TPSA) is 85.1 Å². The van der Waals surface area contributed by atoms with Crippen LogP contribution in [0.15, 0.2) is 50.5 Å². The Bertz CT molecular complexity index is 892. The largest absolute Gasteiger partial charge is 0.339 e. The minimum absolute atomic E-state index is 0.110. The van der Waals surface area contributed by atoms with E-state index in [1.165, 1.54) is 12.1 Å². The van der Waals surface area contributed by atoms with E-state index in [1.54, 1.807) is 29.6 Å². The molecular weight excluding hydrogens is 341 g/mol. The van der Waals surface area contributed by atoms with E-state index in [2.05, 4.69) is 14.9 Å². The lowest BCUT2D eigenvalue weighted by atomic mass is 10.2. The van der Waals surface area contributed by atoms with Crippen molar-refractivity contribution in [2.24, 2.45) is 0 Å². The van der Waals surface area contributed by atoms with E-state index in [4.69, 9.17) is 4.52 Å². The Hall–Kier alpha value is -2.10. The fourth-order valence-electron chi connectivity index (χ4n) is 1.89. The van der Waals surface area contributed by atoms with Crippen LogP contribution in [0.3, 0.4) is 0 Å². The third-order valence-electron chi connectivity index (χ3n) is 2.97. The first-order valence-corrected chi connectivity index (χ1v) is 9.03. The van der Waals surface area contributed by atoms with Crippen LogP contribution < -0.4 is 4.72 Å². The highest BCUT2D eigenvalue weighted by Crippen LogP contribution is 2.19. The summed E-state index contributed by atoms with van der Waals surface area (Å²) in [6, 6.07) is 9.28. The number of hydrogen-bond acceptors (Lipinski definition) is 6. The van der Waals surface area contributed by atoms with Gasteiger partial charge in [0, 0.05) is 13.0 Å². The summed E-state index contributed by atoms with van der Waals surface area (Å²) in [6.07, 6.45) is 0.214. The molecule has 0 fully saturated rings. The molecule has 0 saturated carbocycles. The van der Waals surface area contributed by atoms with Crippen LogP contribution in [-0.4, -0.2) is 25.1 Å². The first-order valence-electron chi connectivity index (χ1n) is 6.67. The van der Waals surface area contributed by atoms with Gasteiger partial charge in [-0.2, -0.15) is 4.98 Å². The fraction of sp³-hybridized carbons (Fsp3) is 0.143. The van der Waals surface area contributed by atoms with Crippen molar-refractivity contribution in [1.29, 1.82) is 0 Å². The SMILES string of the molecule is O=S(=O)(NCCc1nc(-c2ccccc2F)no1)c1cccs1. The molecule has 6 nitrogen and oxygen atoms in total. The summed E-state index contributed by atoms with van der Waals surface area (Å²) in [7, 11) is -3.52. The lowest BCUT2D eigenvalue weighted by Crippen LogP contribution is -2.25. The lowest BCUT2D eigenvalue weighted by molar-refractivity contribution is 0.378. The maximum Gasteiger partial charge on any atom is 0.250 e. The predicted octanol–water partition coefficient (Wildman–Crippen LogP) is 2.46. The van der Waals surface area contributed by atoms with Crippen molar-refractivity contribution >= 4 is 21.4 Å². The van der Waals surface area contributed by atoms with Crippen LogP contribution in [0.25, 0.3) is 11.4 Å². The number of aromatic nitrogens is 2. The first kappa shape index (κ1) is 15.8. The molecule has 3 rings (SSSR count). The van der Waals surface area contributed by atoms with Gasteiger partial charge in [0.1, 0.15) is 10.0 Å². The Morgan fingerprint density at radius 1 is 1.22 bits per heavy atom. The summed E-state index contributed by atoms with van der Waals surface area (Å²) in [6.45, 7) is 0.110. The highest BCUT2D eigenvalue weighted by Gasteiger charge is 2.16. The quantitative estimate of drug-likeness (QED) is 0.736. The van der Waals surface area contributed by atoms with E-state index in [9.17, 15) is 12.8 Å². The zero-order valence-electron chi connectivity index (χ0n) is 11.8. The summed E-state index contributed by atoms with van der Waals surface area (Å²) in [4.78, 5) is 4.07. The fourth-order valence-corrected chi connectivity index (χ4v) is 3.96. The average molecular weight is 353 g/mol. The number of nitrogens with one attached hydrogen (secondary N) is 1. The number of benzene rings is 1. The molecule has 9 heteroatoms. The van der Waals surface area contributed by atoms with E-state index in [0.717, 1.165) is 11.3 Å². The maximum atomic E-state index is 13.6. The smallest absolute Gasteiger partial charge is 0.250 e. The summed E-state index contributed by atoms with van der Waals surface area (Å²) in [5.41, 5.74) is 0.238. The molecular formula is C14H12FN3O3S2. The van der Waals surface area contributed by atoms with Gasteiger partial charge in [0.25, 0.3) is 0 Å². The lowest BCUT2D eigenvalue weighted by Gasteiger charge is -2.02. The molecule has 2 aromatic heterocycles. The molecule has 2 heterocycles. The molecule has 0 aliphatic carbocycles. The van der Waals surface area contributed by atoms with Gasteiger partial charge in [-0.1, -0.05) is 23.4 Å². The maximum absolute atomic E-state index is 13.6. The molecule has 0 spiro atoms. The van der Waals surface area contributed by atoms with Crippen LogP contribution in [0.2, 0.25) is 0 Å². The molecule has 1 aromatic carbocycles. The summed E-state index contributed by atoms with van der Waals surface area (Å²) in [5, 5.41) is 5.40. The summed E-state index contributed by atoms with van der Waals surface area (Å²) in [5.74, 6) is -0.0744. The number of nitrogens with zero attached hydrogens (tertiary/aromatic N) is 2. The monoisotopic (exact) mass is 353 g/mol. The molecule has 0 bridgehead atoms. The standard InChI is InChI=1S/C14H12FN3O3S2/c15-11-5-2-1-4-10(11)14-17-12(21-18-14)7-8-16-23(19,20)13-6-3-9-22-13/h1-6,9,16H,7-8H2. The minimum atomic E-state index is -3.52. The Balaban J connectivity index is 1.63. The van der Waals surface area contributed by atoms with Crippen LogP contribution in [0.4, 0.5) is 4.39 Å². The number of halogens is 1. The van der Waals surface area contributed by atoms with Gasteiger partial charge in [-0.15, -0.1) is 11.3 Å². The molecule has 0 aliphatic heterocycles. The second-order valence-corrected chi connectivity index (χ2v) is 7.51. The molecule has 0 amide bonds. The van der Waals surface area contributed by atoms with Crippen molar-refractivity contribution in [2.45, 2.75) is 10.6 Å². The van der Waals surface area contributed by atoms with Gasteiger partial charge in [-0.3, -0.25) is 0 Å². The molecule has 0 aliphatic rings. The van der Waals surface area contributed by atoms with Crippen LogP contribution >= 0.6 is 11.3 Å². The second-order valence-electron chi connectivity index (χ2n) is 4.57. The van der Waals surface area contributed by atoms with Crippen molar-refractivity contribution in [3.8, 4) is 11.4 Å². The molecule has 1 N–H and O–H groups in total. The third kappa shape index (κ3) is 3.63. The van der Waals surface area contributed by atoms with Gasteiger partial charge in [-0.05, 0) is 23.6 Å². The van der Waals surface area contributed by atoms with E-state index >= 15 is 0 Å². The van der Waals surface area contributed by atoms with Crippen LogP contribution in [0.1, 0.15) is 5.89 Å². The zero-order chi connectivity index (χ0) is 16.3. The number of thiophene rings is 1. The Labute approximate surface area is 136 Å². The molecule has 0 atom stereocenters. The predicted molar refractivity (Wildman–Crippen MR) is 82.9 cm³/mol. The minimum Gasteiger partial charge on any atom is -0.339 e. The van der Waals surface area contributed by atoms with Crippen molar-refractivity contribution in [3.05, 3.63) is 53.5 Å². The van der Waals surface area contributed by atoms with Crippen molar-refractivity contribution in [2.75, 3.05) is 6.54 Å². The first-order chi connectivity index (χ1) is 11.1. The van der Waals surface area contributed by atoms with Gasteiger partial charge in [-0.25, -0.2) is 17.5 Å². The highest BCUT2D eigenvalue weighted by molar-refractivity contribution is 7.91. The van der Waals surface area contributed by atoms with E-state index in [-0.39, 0.29) is 34.5 Å². The van der Waals surface area contributed by atoms with E-state index in [0.29, 0.717) is 0 Å². The van der Waals surface area contributed by atoms with Gasteiger partial charge < -0.3 is 4.52 Å². The second kappa shape index (κ2) is 6.57. The summed E-state index contributed by atoms with van der Waals surface area (Å²) < 4.78 is 45.2. The Kier molecular flexibility index (Phi) is 4.51.